The highest BCUT2D eigenvalue weighted by molar-refractivity contribution is 8.00. The van der Waals surface area contributed by atoms with E-state index in [-0.39, 0.29) is 11.4 Å². The first-order chi connectivity index (χ1) is 14.2. The Morgan fingerprint density at radius 2 is 2.00 bits per heavy atom. The van der Waals surface area contributed by atoms with Gasteiger partial charge in [0.1, 0.15) is 29.3 Å². The highest BCUT2D eigenvalue weighted by Crippen LogP contribution is 2.34. The summed E-state index contributed by atoms with van der Waals surface area (Å²) in [5.74, 6) is -0.311. The number of aromatic amines is 1. The van der Waals surface area contributed by atoms with Gasteiger partial charge in [-0.3, -0.25) is 0 Å². The van der Waals surface area contributed by atoms with Crippen LogP contribution in [0.2, 0.25) is 0 Å². The molecular formula is C20H18F2N6S. The molecule has 0 aliphatic rings. The van der Waals surface area contributed by atoms with Crippen molar-refractivity contribution in [3.63, 3.8) is 0 Å². The Morgan fingerprint density at radius 3 is 2.86 bits per heavy atom. The van der Waals surface area contributed by atoms with E-state index >= 15 is 0 Å². The maximum atomic E-state index is 14.9. The number of pyridine rings is 1. The van der Waals surface area contributed by atoms with Gasteiger partial charge in [-0.25, -0.2) is 23.7 Å². The fourth-order valence-electron chi connectivity index (χ4n) is 2.88. The van der Waals surface area contributed by atoms with Crippen LogP contribution in [0.5, 0.6) is 0 Å². The molecule has 4 aromatic rings. The normalized spacial score (nSPS) is 11.0. The molecule has 0 amide bonds. The van der Waals surface area contributed by atoms with Gasteiger partial charge in [-0.15, -0.1) is 0 Å². The number of fused-ring (bicyclic) bond motifs is 1. The topological polar surface area (TPSA) is 78.5 Å². The number of hydrogen-bond acceptors (Lipinski definition) is 6. The predicted octanol–water partition coefficient (Wildman–Crippen LogP) is 5.51. The molecule has 0 aliphatic carbocycles. The van der Waals surface area contributed by atoms with Crippen molar-refractivity contribution >= 4 is 40.2 Å². The van der Waals surface area contributed by atoms with Gasteiger partial charge in [0.25, 0.3) is 0 Å². The lowest BCUT2D eigenvalue weighted by Gasteiger charge is -2.14. The maximum Gasteiger partial charge on any atom is 0.173 e. The van der Waals surface area contributed by atoms with Gasteiger partial charge >= 0.3 is 0 Å². The standard InChI is InChI=1S/C20H18F2N6S/c1-2-10-29-28-15-6-5-14(21)18(16(15)22)27-20-12(4-3-8-23-20)17-13-7-9-24-19(13)26-11-25-17/h3-9,11,28H,2,10H2,1H3,(H,23,27)(H,24,25,26). The van der Waals surface area contributed by atoms with Crippen LogP contribution >= 0.6 is 11.9 Å². The van der Waals surface area contributed by atoms with Crippen LogP contribution in [-0.4, -0.2) is 25.7 Å². The zero-order valence-electron chi connectivity index (χ0n) is 15.5. The molecule has 3 aromatic heterocycles. The average molecular weight is 412 g/mol. The number of rotatable bonds is 7. The minimum atomic E-state index is -0.709. The Balaban J connectivity index is 1.73. The SMILES string of the molecule is CCCSNc1ccc(F)c(Nc2ncccc2-c2ncnc3[nH]ccc23)c1F. The minimum absolute atomic E-state index is 0.208. The van der Waals surface area contributed by atoms with Crippen molar-refractivity contribution in [2.24, 2.45) is 0 Å². The monoisotopic (exact) mass is 412 g/mol. The number of anilines is 3. The number of aromatic nitrogens is 4. The van der Waals surface area contributed by atoms with Gasteiger partial charge in [0, 0.05) is 29.1 Å². The van der Waals surface area contributed by atoms with Crippen LogP contribution in [-0.2, 0) is 0 Å². The zero-order valence-corrected chi connectivity index (χ0v) is 16.4. The molecule has 4 rings (SSSR count). The van der Waals surface area contributed by atoms with E-state index in [2.05, 4.69) is 30.0 Å². The van der Waals surface area contributed by atoms with E-state index in [1.807, 2.05) is 13.0 Å². The Morgan fingerprint density at radius 1 is 1.10 bits per heavy atom. The summed E-state index contributed by atoms with van der Waals surface area (Å²) in [6.07, 6.45) is 5.68. The van der Waals surface area contributed by atoms with Crippen molar-refractivity contribution < 1.29 is 8.78 Å². The summed E-state index contributed by atoms with van der Waals surface area (Å²) in [5.41, 5.74) is 1.82. The van der Waals surface area contributed by atoms with Crippen molar-refractivity contribution in [1.29, 1.82) is 0 Å². The van der Waals surface area contributed by atoms with E-state index in [0.29, 0.717) is 22.7 Å². The van der Waals surface area contributed by atoms with E-state index < -0.39 is 11.6 Å². The van der Waals surface area contributed by atoms with E-state index in [1.54, 1.807) is 24.5 Å². The van der Waals surface area contributed by atoms with Gasteiger partial charge in [-0.2, -0.15) is 0 Å². The predicted molar refractivity (Wildman–Crippen MR) is 113 cm³/mol. The van der Waals surface area contributed by atoms with Crippen LogP contribution in [0.1, 0.15) is 13.3 Å². The molecule has 0 saturated heterocycles. The third kappa shape index (κ3) is 3.86. The highest BCUT2D eigenvalue weighted by Gasteiger charge is 2.18. The summed E-state index contributed by atoms with van der Waals surface area (Å²) in [7, 11) is 0. The smallest absolute Gasteiger partial charge is 0.173 e. The van der Waals surface area contributed by atoms with Crippen LogP contribution in [0.25, 0.3) is 22.3 Å². The number of H-pyrrole nitrogens is 1. The van der Waals surface area contributed by atoms with Crippen LogP contribution in [0, 0.1) is 11.6 Å². The lowest BCUT2D eigenvalue weighted by Crippen LogP contribution is -2.04. The first kappa shape index (κ1) is 19.1. The molecule has 148 valence electrons. The molecule has 0 unspecified atom stereocenters. The van der Waals surface area contributed by atoms with Gasteiger partial charge in [-0.05, 0) is 36.8 Å². The second-order valence-electron chi connectivity index (χ2n) is 6.22. The second-order valence-corrected chi connectivity index (χ2v) is 7.12. The van der Waals surface area contributed by atoms with Crippen LogP contribution in [0.4, 0.5) is 26.0 Å². The molecule has 9 heteroatoms. The van der Waals surface area contributed by atoms with E-state index in [4.69, 9.17) is 0 Å². The quantitative estimate of drug-likeness (QED) is 0.274. The summed E-state index contributed by atoms with van der Waals surface area (Å²) in [6.45, 7) is 2.03. The summed E-state index contributed by atoms with van der Waals surface area (Å²) in [5, 5.41) is 3.60. The molecule has 0 saturated carbocycles. The van der Waals surface area contributed by atoms with E-state index in [0.717, 1.165) is 17.6 Å². The Hall–Kier alpha value is -3.20. The van der Waals surface area contributed by atoms with Gasteiger partial charge in [0.15, 0.2) is 5.82 Å². The van der Waals surface area contributed by atoms with E-state index in [1.165, 1.54) is 30.4 Å². The first-order valence-electron chi connectivity index (χ1n) is 9.05. The second kappa shape index (κ2) is 8.44. The van der Waals surface area contributed by atoms with Gasteiger partial charge in [0.2, 0.25) is 0 Å². The van der Waals surface area contributed by atoms with Crippen LogP contribution in [0.3, 0.4) is 0 Å². The Labute approximate surface area is 170 Å². The molecular weight excluding hydrogens is 394 g/mol. The summed E-state index contributed by atoms with van der Waals surface area (Å²) < 4.78 is 32.3. The van der Waals surface area contributed by atoms with Crippen molar-refractivity contribution in [2.45, 2.75) is 13.3 Å². The Bertz CT molecular complexity index is 1150. The minimum Gasteiger partial charge on any atom is -0.346 e. The lowest BCUT2D eigenvalue weighted by molar-refractivity contribution is 0.593. The summed E-state index contributed by atoms with van der Waals surface area (Å²) in [6, 6.07) is 7.98. The van der Waals surface area contributed by atoms with Crippen molar-refractivity contribution in [2.75, 3.05) is 15.8 Å². The number of halogens is 2. The zero-order chi connectivity index (χ0) is 20.2. The van der Waals surface area contributed by atoms with E-state index in [9.17, 15) is 8.78 Å². The molecule has 0 spiro atoms. The maximum absolute atomic E-state index is 14.9. The molecule has 1 aromatic carbocycles. The molecule has 0 atom stereocenters. The first-order valence-corrected chi connectivity index (χ1v) is 10.0. The number of hydrogen-bond donors (Lipinski definition) is 3. The average Bonchev–Trinajstić information content (AvgIpc) is 3.22. The molecule has 29 heavy (non-hydrogen) atoms. The number of benzene rings is 1. The Kier molecular flexibility index (Phi) is 5.57. The van der Waals surface area contributed by atoms with Crippen LogP contribution < -0.4 is 10.0 Å². The molecule has 0 aliphatic heterocycles. The third-order valence-electron chi connectivity index (χ3n) is 4.24. The molecule has 0 radical (unpaired) electrons. The van der Waals surface area contributed by atoms with Crippen LogP contribution in [0.15, 0.2) is 49.1 Å². The number of nitrogens with zero attached hydrogens (tertiary/aromatic N) is 3. The molecule has 0 fully saturated rings. The van der Waals surface area contributed by atoms with Crippen molar-refractivity contribution in [3.05, 3.63) is 60.7 Å². The van der Waals surface area contributed by atoms with Crippen molar-refractivity contribution in [3.8, 4) is 11.3 Å². The van der Waals surface area contributed by atoms with Crippen molar-refractivity contribution in [1.82, 2.24) is 19.9 Å². The summed E-state index contributed by atoms with van der Waals surface area (Å²) in [4.78, 5) is 15.8. The molecule has 3 heterocycles. The molecule has 0 bridgehead atoms. The lowest BCUT2D eigenvalue weighted by atomic mass is 10.1. The van der Waals surface area contributed by atoms with Gasteiger partial charge < -0.3 is 15.0 Å². The fraction of sp³-hybridized carbons (Fsp3) is 0.150. The summed E-state index contributed by atoms with van der Waals surface area (Å²) >= 11 is 1.37. The van der Waals surface area contributed by atoms with Gasteiger partial charge in [-0.1, -0.05) is 18.9 Å². The molecule has 6 nitrogen and oxygen atoms in total. The fourth-order valence-corrected chi connectivity index (χ4v) is 3.50. The molecule has 3 N–H and O–H groups in total. The number of nitrogens with one attached hydrogen (secondary N) is 3. The largest absolute Gasteiger partial charge is 0.346 e. The van der Waals surface area contributed by atoms with Gasteiger partial charge in [0.05, 0.1) is 11.4 Å². The third-order valence-corrected chi connectivity index (χ3v) is 5.22. The highest BCUT2D eigenvalue weighted by atomic mass is 32.2.